The summed E-state index contributed by atoms with van der Waals surface area (Å²) < 4.78 is 0. The van der Waals surface area contributed by atoms with E-state index < -0.39 is 5.66 Å². The molecule has 128 valence electrons. The number of guanidine groups is 1. The Morgan fingerprint density at radius 2 is 2.00 bits per heavy atom. The number of nitrogens with zero attached hydrogens (tertiary/aromatic N) is 4. The number of aromatic nitrogens is 4. The summed E-state index contributed by atoms with van der Waals surface area (Å²) >= 11 is 0. The quantitative estimate of drug-likeness (QED) is 0.376. The number of hydrogen-bond acceptors (Lipinski definition) is 7. The minimum atomic E-state index is -1.15. The smallest absolute Gasteiger partial charge is 0.219 e. The topological polar surface area (TPSA) is 132 Å². The summed E-state index contributed by atoms with van der Waals surface area (Å²) in [5.41, 5.74) is 11.5. The predicted octanol–water partition coefficient (Wildman–Crippen LogP) is 1.61. The number of para-hydroxylation sites is 1. The molecule has 1 aliphatic rings. The summed E-state index contributed by atoms with van der Waals surface area (Å²) in [7, 11) is 0. The molecule has 0 radical (unpaired) electrons. The Morgan fingerprint density at radius 1 is 1.08 bits per heavy atom. The first-order valence-electron chi connectivity index (χ1n) is 8.04. The molecule has 0 spiro atoms. The molecule has 4 aromatic rings. The molecule has 5 rings (SSSR count). The second kappa shape index (κ2) is 5.39. The zero-order chi connectivity index (χ0) is 17.6. The molecule has 0 saturated heterocycles. The van der Waals surface area contributed by atoms with E-state index in [0.29, 0.717) is 11.7 Å². The van der Waals surface area contributed by atoms with Crippen LogP contribution in [0.25, 0.3) is 21.8 Å². The standard InChI is InChI=1S/C17H15N9/c18-17(15-12-3-1-2-4-13(12)24-25-15)9-20-26-16(22-17)21-11-6-5-10-8-19-23-14(10)7-11/h1-9H,18H2,(H,19,23)(H,24,25)(H2,21,22,26). The first-order chi connectivity index (χ1) is 12.7. The molecule has 1 atom stereocenters. The second-order valence-electron chi connectivity index (χ2n) is 6.07. The molecule has 0 aliphatic carbocycles. The summed E-state index contributed by atoms with van der Waals surface area (Å²) in [6.07, 6.45) is 3.32. The Morgan fingerprint density at radius 3 is 2.96 bits per heavy atom. The number of hydrazone groups is 1. The molecular weight excluding hydrogens is 330 g/mol. The molecule has 0 saturated carbocycles. The van der Waals surface area contributed by atoms with Crippen molar-refractivity contribution in [3.8, 4) is 0 Å². The molecule has 2 aromatic heterocycles. The van der Waals surface area contributed by atoms with Gasteiger partial charge in [0, 0.05) is 16.5 Å². The van der Waals surface area contributed by atoms with Crippen LogP contribution in [0, 0.1) is 0 Å². The number of nitrogens with two attached hydrogens (primary N) is 1. The maximum absolute atomic E-state index is 6.50. The van der Waals surface area contributed by atoms with Crippen LogP contribution in [-0.2, 0) is 5.66 Å². The van der Waals surface area contributed by atoms with Crippen molar-refractivity contribution in [1.29, 1.82) is 0 Å². The monoisotopic (exact) mass is 345 g/mol. The first-order valence-corrected chi connectivity index (χ1v) is 8.04. The maximum atomic E-state index is 6.50. The Bertz CT molecular complexity index is 1170. The van der Waals surface area contributed by atoms with Crippen LogP contribution >= 0.6 is 0 Å². The number of hydrogen-bond donors (Lipinski definition) is 5. The van der Waals surface area contributed by atoms with Crippen molar-refractivity contribution in [2.24, 2.45) is 15.8 Å². The minimum absolute atomic E-state index is 0.438. The highest BCUT2D eigenvalue weighted by Gasteiger charge is 2.32. The highest BCUT2D eigenvalue weighted by Crippen LogP contribution is 2.26. The van der Waals surface area contributed by atoms with E-state index >= 15 is 0 Å². The summed E-state index contributed by atoms with van der Waals surface area (Å²) in [6, 6.07) is 13.6. The lowest BCUT2D eigenvalue weighted by Crippen LogP contribution is -2.45. The van der Waals surface area contributed by atoms with E-state index in [-0.39, 0.29) is 0 Å². The van der Waals surface area contributed by atoms with Gasteiger partial charge in [-0.05, 0) is 24.3 Å². The third-order valence-electron chi connectivity index (χ3n) is 4.30. The lowest BCUT2D eigenvalue weighted by molar-refractivity contribution is 0.611. The average molecular weight is 345 g/mol. The molecule has 0 amide bonds. The first kappa shape index (κ1) is 14.6. The molecule has 9 heteroatoms. The molecule has 0 fully saturated rings. The highest BCUT2D eigenvalue weighted by molar-refractivity contribution is 5.99. The normalized spacial score (nSPS) is 19.5. The third-order valence-corrected chi connectivity index (χ3v) is 4.30. The highest BCUT2D eigenvalue weighted by atomic mass is 15.4. The van der Waals surface area contributed by atoms with Crippen LogP contribution in [0.1, 0.15) is 5.69 Å². The van der Waals surface area contributed by atoms with Gasteiger partial charge in [0.05, 0.1) is 29.1 Å². The van der Waals surface area contributed by atoms with Gasteiger partial charge < -0.3 is 5.32 Å². The van der Waals surface area contributed by atoms with E-state index in [0.717, 1.165) is 27.5 Å². The fourth-order valence-corrected chi connectivity index (χ4v) is 3.02. The van der Waals surface area contributed by atoms with Gasteiger partial charge in [0.2, 0.25) is 5.96 Å². The van der Waals surface area contributed by atoms with Crippen LogP contribution in [-0.4, -0.2) is 32.6 Å². The summed E-state index contributed by atoms with van der Waals surface area (Å²) in [5, 5.41) is 23.5. The van der Waals surface area contributed by atoms with Crippen molar-refractivity contribution in [3.63, 3.8) is 0 Å². The van der Waals surface area contributed by atoms with Crippen LogP contribution in [0.15, 0.2) is 58.8 Å². The van der Waals surface area contributed by atoms with Gasteiger partial charge in [0.25, 0.3) is 0 Å². The van der Waals surface area contributed by atoms with Crippen molar-refractivity contribution in [1.82, 2.24) is 25.8 Å². The third kappa shape index (κ3) is 2.30. The van der Waals surface area contributed by atoms with Crippen molar-refractivity contribution in [3.05, 3.63) is 54.4 Å². The predicted molar refractivity (Wildman–Crippen MR) is 101 cm³/mol. The fraction of sp³-hybridized carbons (Fsp3) is 0.0588. The number of aliphatic imine (C=N–C) groups is 1. The molecule has 0 bridgehead atoms. The molecule has 9 nitrogen and oxygen atoms in total. The van der Waals surface area contributed by atoms with Crippen molar-refractivity contribution < 1.29 is 0 Å². The molecular formula is C17H15N9. The van der Waals surface area contributed by atoms with E-state index in [4.69, 9.17) is 5.73 Å². The number of anilines is 1. The van der Waals surface area contributed by atoms with E-state index in [9.17, 15) is 0 Å². The van der Waals surface area contributed by atoms with Crippen LogP contribution in [0.3, 0.4) is 0 Å². The van der Waals surface area contributed by atoms with Crippen molar-refractivity contribution in [2.45, 2.75) is 5.66 Å². The molecule has 6 N–H and O–H groups in total. The van der Waals surface area contributed by atoms with E-state index in [1.54, 1.807) is 12.4 Å². The summed E-state index contributed by atoms with van der Waals surface area (Å²) in [6.45, 7) is 0. The molecule has 1 aliphatic heterocycles. The molecule has 2 aromatic carbocycles. The largest absolute Gasteiger partial charge is 0.325 e. The van der Waals surface area contributed by atoms with Crippen LogP contribution < -0.4 is 16.5 Å². The van der Waals surface area contributed by atoms with Gasteiger partial charge in [0.15, 0.2) is 5.66 Å². The minimum Gasteiger partial charge on any atom is -0.325 e. The number of rotatable bonds is 2. The van der Waals surface area contributed by atoms with E-state index in [1.165, 1.54) is 0 Å². The fourth-order valence-electron chi connectivity index (χ4n) is 3.02. The zero-order valence-electron chi connectivity index (χ0n) is 13.6. The van der Waals surface area contributed by atoms with Crippen LogP contribution in [0.4, 0.5) is 5.69 Å². The summed E-state index contributed by atoms with van der Waals surface area (Å²) in [5.74, 6) is 0.438. The van der Waals surface area contributed by atoms with E-state index in [1.807, 2.05) is 42.5 Å². The summed E-state index contributed by atoms with van der Waals surface area (Å²) in [4.78, 5) is 4.60. The van der Waals surface area contributed by atoms with Gasteiger partial charge in [0.1, 0.15) is 0 Å². The van der Waals surface area contributed by atoms with Crippen LogP contribution in [0.5, 0.6) is 0 Å². The number of aromatic amines is 2. The molecule has 3 heterocycles. The number of benzene rings is 2. The van der Waals surface area contributed by atoms with Crippen LogP contribution in [0.2, 0.25) is 0 Å². The van der Waals surface area contributed by atoms with Gasteiger partial charge in [-0.15, -0.1) is 0 Å². The van der Waals surface area contributed by atoms with Gasteiger partial charge in [-0.25, -0.2) is 10.4 Å². The number of fused-ring (bicyclic) bond motifs is 2. The van der Waals surface area contributed by atoms with Crippen molar-refractivity contribution >= 4 is 39.7 Å². The lowest BCUT2D eigenvalue weighted by Gasteiger charge is -2.24. The second-order valence-corrected chi connectivity index (χ2v) is 6.07. The maximum Gasteiger partial charge on any atom is 0.219 e. The Hall–Kier alpha value is -3.72. The van der Waals surface area contributed by atoms with Gasteiger partial charge in [-0.2, -0.15) is 15.3 Å². The number of H-pyrrole nitrogens is 2. The number of nitrogens with one attached hydrogen (secondary N) is 4. The molecule has 1 unspecified atom stereocenters. The van der Waals surface area contributed by atoms with Gasteiger partial charge >= 0.3 is 0 Å². The SMILES string of the molecule is NC1(c2[nH]nc3ccccc23)C=NNC(Nc2ccc3cn[nH]c3c2)=N1. The van der Waals surface area contributed by atoms with Gasteiger partial charge in [-0.3, -0.25) is 15.9 Å². The lowest BCUT2D eigenvalue weighted by atomic mass is 10.0. The average Bonchev–Trinajstić information content (AvgIpc) is 3.28. The Balaban J connectivity index is 1.51. The zero-order valence-corrected chi connectivity index (χ0v) is 13.6. The molecule has 26 heavy (non-hydrogen) atoms. The van der Waals surface area contributed by atoms with Crippen molar-refractivity contribution in [2.75, 3.05) is 5.32 Å². The Kier molecular flexibility index (Phi) is 3.03. The Labute approximate surface area is 147 Å². The van der Waals surface area contributed by atoms with E-state index in [2.05, 4.69) is 41.2 Å². The van der Waals surface area contributed by atoms with Gasteiger partial charge in [-0.1, -0.05) is 18.2 Å².